The summed E-state index contributed by atoms with van der Waals surface area (Å²) in [7, 11) is 1.60. The van der Waals surface area contributed by atoms with Gasteiger partial charge in [-0.3, -0.25) is 9.69 Å². The Hall–Kier alpha value is -2.64. The molecule has 0 bridgehead atoms. The summed E-state index contributed by atoms with van der Waals surface area (Å²) in [5, 5.41) is 0.287. The largest absolute Gasteiger partial charge is 0.487 e. The number of amides is 1. The van der Waals surface area contributed by atoms with Gasteiger partial charge in [0.15, 0.2) is 5.96 Å². The van der Waals surface area contributed by atoms with Crippen LogP contribution in [0.1, 0.15) is 25.3 Å². The van der Waals surface area contributed by atoms with Crippen molar-refractivity contribution in [1.29, 1.82) is 0 Å². The SMILES string of the molecule is CN1C(=O)C2(N=C1N)c1cc(-c3cc(F)cc(Cl)c3)ccc1OC1CCCOC12C. The van der Waals surface area contributed by atoms with Crippen LogP contribution in [0.3, 0.4) is 0 Å². The molecule has 6 nitrogen and oxygen atoms in total. The number of fused-ring (bicyclic) bond motifs is 4. The molecule has 5 rings (SSSR count). The first-order valence-corrected chi connectivity index (χ1v) is 10.2. The van der Waals surface area contributed by atoms with Crippen LogP contribution in [0.25, 0.3) is 11.1 Å². The summed E-state index contributed by atoms with van der Waals surface area (Å²) >= 11 is 6.05. The number of rotatable bonds is 1. The van der Waals surface area contributed by atoms with Crippen LogP contribution in [0, 0.1) is 5.82 Å². The summed E-state index contributed by atoms with van der Waals surface area (Å²) in [4.78, 5) is 19.6. The molecule has 1 saturated heterocycles. The summed E-state index contributed by atoms with van der Waals surface area (Å²) in [6.45, 7) is 2.36. The van der Waals surface area contributed by atoms with Gasteiger partial charge in [-0.15, -0.1) is 0 Å². The number of ether oxygens (including phenoxy) is 2. The molecule has 0 radical (unpaired) electrons. The van der Waals surface area contributed by atoms with E-state index in [-0.39, 0.29) is 23.0 Å². The average molecular weight is 430 g/mol. The number of carbonyl (C=O) groups excluding carboxylic acids is 1. The number of likely N-dealkylation sites (N-methyl/N-ethyl adjacent to an activating group) is 1. The number of nitrogens with two attached hydrogens (primary N) is 1. The molecule has 3 aliphatic heterocycles. The molecule has 2 aromatic carbocycles. The maximum atomic E-state index is 14.0. The molecule has 1 amide bonds. The predicted octanol–water partition coefficient (Wildman–Crippen LogP) is 3.46. The minimum atomic E-state index is -1.38. The molecule has 0 aromatic heterocycles. The van der Waals surface area contributed by atoms with Crippen molar-refractivity contribution in [3.05, 3.63) is 52.8 Å². The van der Waals surface area contributed by atoms with Gasteiger partial charge in [0.25, 0.3) is 5.91 Å². The van der Waals surface area contributed by atoms with Crippen molar-refractivity contribution < 1.29 is 18.7 Å². The second kappa shape index (κ2) is 6.43. The Morgan fingerprint density at radius 1 is 1.27 bits per heavy atom. The molecule has 8 heteroatoms. The minimum absolute atomic E-state index is 0.126. The number of halogens is 2. The number of aliphatic imine (C=N–C) groups is 1. The number of hydrogen-bond donors (Lipinski definition) is 1. The third-order valence-corrected chi connectivity index (χ3v) is 6.64. The van der Waals surface area contributed by atoms with Gasteiger partial charge < -0.3 is 15.2 Å². The van der Waals surface area contributed by atoms with Gasteiger partial charge in [-0.05, 0) is 61.2 Å². The van der Waals surface area contributed by atoms with E-state index in [1.54, 1.807) is 25.2 Å². The molecule has 0 saturated carbocycles. The third-order valence-electron chi connectivity index (χ3n) is 6.42. The van der Waals surface area contributed by atoms with Gasteiger partial charge in [-0.1, -0.05) is 17.7 Å². The Kier molecular flexibility index (Phi) is 4.14. The quantitative estimate of drug-likeness (QED) is 0.753. The molecule has 30 heavy (non-hydrogen) atoms. The molecule has 1 spiro atoms. The fourth-order valence-corrected chi connectivity index (χ4v) is 5.03. The van der Waals surface area contributed by atoms with Crippen molar-refractivity contribution in [2.24, 2.45) is 10.7 Å². The fourth-order valence-electron chi connectivity index (χ4n) is 4.81. The van der Waals surface area contributed by atoms with Crippen LogP contribution < -0.4 is 10.5 Å². The van der Waals surface area contributed by atoms with E-state index in [9.17, 15) is 9.18 Å². The number of hydrogen-bond acceptors (Lipinski definition) is 5. The normalized spacial score (nSPS) is 30.0. The Bertz CT molecular complexity index is 1090. The van der Waals surface area contributed by atoms with Gasteiger partial charge in [-0.25, -0.2) is 9.38 Å². The third kappa shape index (κ3) is 2.45. The van der Waals surface area contributed by atoms with E-state index >= 15 is 0 Å². The smallest absolute Gasteiger partial charge is 0.265 e. The molecule has 156 valence electrons. The maximum Gasteiger partial charge on any atom is 0.265 e. The van der Waals surface area contributed by atoms with Gasteiger partial charge in [0.1, 0.15) is 23.3 Å². The Balaban J connectivity index is 1.77. The van der Waals surface area contributed by atoms with Crippen molar-refractivity contribution in [2.45, 2.75) is 37.0 Å². The summed E-state index contributed by atoms with van der Waals surface area (Å²) < 4.78 is 26.4. The van der Waals surface area contributed by atoms with Crippen LogP contribution in [-0.4, -0.2) is 42.1 Å². The van der Waals surface area contributed by atoms with Crippen LogP contribution in [0.5, 0.6) is 5.75 Å². The Morgan fingerprint density at radius 2 is 2.07 bits per heavy atom. The van der Waals surface area contributed by atoms with Gasteiger partial charge in [0.05, 0.1) is 0 Å². The minimum Gasteiger partial charge on any atom is -0.487 e. The molecular weight excluding hydrogens is 409 g/mol. The summed E-state index contributed by atoms with van der Waals surface area (Å²) in [5.41, 5.74) is 5.52. The van der Waals surface area contributed by atoms with Gasteiger partial charge in [-0.2, -0.15) is 0 Å². The summed E-state index contributed by atoms with van der Waals surface area (Å²) in [5.74, 6) is -0.0354. The van der Waals surface area contributed by atoms with Crippen LogP contribution in [0.2, 0.25) is 5.02 Å². The first kappa shape index (κ1) is 19.3. The second-order valence-electron chi connectivity index (χ2n) is 8.12. The van der Waals surface area contributed by atoms with E-state index in [1.165, 1.54) is 17.0 Å². The number of guanidine groups is 1. The number of benzene rings is 2. The van der Waals surface area contributed by atoms with Crippen LogP contribution in [0.15, 0.2) is 41.4 Å². The zero-order valence-corrected chi connectivity index (χ0v) is 17.4. The van der Waals surface area contributed by atoms with E-state index in [2.05, 4.69) is 4.99 Å². The lowest BCUT2D eigenvalue weighted by Gasteiger charge is -2.52. The highest BCUT2D eigenvalue weighted by Crippen LogP contribution is 2.55. The summed E-state index contributed by atoms with van der Waals surface area (Å²) in [6, 6.07) is 9.72. The fraction of sp³-hybridized carbons (Fsp3) is 0.364. The van der Waals surface area contributed by atoms with Crippen molar-refractivity contribution in [3.63, 3.8) is 0 Å². The number of nitrogens with zero attached hydrogens (tertiary/aromatic N) is 2. The van der Waals surface area contributed by atoms with Crippen molar-refractivity contribution in [1.82, 2.24) is 4.90 Å². The lowest BCUT2D eigenvalue weighted by Crippen LogP contribution is -2.67. The highest BCUT2D eigenvalue weighted by molar-refractivity contribution is 6.30. The van der Waals surface area contributed by atoms with E-state index in [4.69, 9.17) is 26.8 Å². The Morgan fingerprint density at radius 3 is 2.77 bits per heavy atom. The van der Waals surface area contributed by atoms with Gasteiger partial charge in [0.2, 0.25) is 5.54 Å². The van der Waals surface area contributed by atoms with Crippen LogP contribution in [0.4, 0.5) is 4.39 Å². The standard InChI is InChI=1S/C22H21ClFN3O3/c1-21-18(4-3-7-29-21)30-17-6-5-12(13-8-14(23)11-15(24)9-13)10-16(17)22(21)19(28)27(2)20(25)26-22/h5-6,8-11,18H,3-4,7H2,1-2H3,(H2,25,26). The molecule has 1 fully saturated rings. The topological polar surface area (TPSA) is 77.2 Å². The van der Waals surface area contributed by atoms with Crippen molar-refractivity contribution >= 4 is 23.5 Å². The molecule has 2 aromatic rings. The van der Waals surface area contributed by atoms with E-state index < -0.39 is 17.0 Å². The lowest BCUT2D eigenvalue weighted by molar-refractivity contribution is -0.191. The second-order valence-corrected chi connectivity index (χ2v) is 8.55. The van der Waals surface area contributed by atoms with Crippen LogP contribution >= 0.6 is 11.6 Å². The van der Waals surface area contributed by atoms with Crippen LogP contribution in [-0.2, 0) is 15.1 Å². The molecule has 3 unspecified atom stereocenters. The van der Waals surface area contributed by atoms with Crippen molar-refractivity contribution in [3.8, 4) is 16.9 Å². The van der Waals surface area contributed by atoms with E-state index in [0.29, 0.717) is 29.0 Å². The zero-order chi connectivity index (χ0) is 21.3. The van der Waals surface area contributed by atoms with Gasteiger partial charge >= 0.3 is 0 Å². The van der Waals surface area contributed by atoms with Gasteiger partial charge in [0, 0.05) is 24.2 Å². The average Bonchev–Trinajstić information content (AvgIpc) is 2.94. The molecule has 2 N–H and O–H groups in total. The van der Waals surface area contributed by atoms with E-state index in [0.717, 1.165) is 12.8 Å². The summed E-state index contributed by atoms with van der Waals surface area (Å²) in [6.07, 6.45) is 1.22. The lowest BCUT2D eigenvalue weighted by atomic mass is 9.68. The Labute approximate surface area is 178 Å². The molecular formula is C22H21ClFN3O3. The first-order chi connectivity index (χ1) is 14.3. The predicted molar refractivity (Wildman–Crippen MR) is 111 cm³/mol. The monoisotopic (exact) mass is 429 g/mol. The molecule has 0 aliphatic carbocycles. The first-order valence-electron chi connectivity index (χ1n) is 9.81. The molecule has 3 atom stereocenters. The number of carbonyl (C=O) groups is 1. The van der Waals surface area contributed by atoms with Crippen molar-refractivity contribution in [2.75, 3.05) is 13.7 Å². The maximum absolute atomic E-state index is 14.0. The molecule has 3 heterocycles. The zero-order valence-electron chi connectivity index (χ0n) is 16.6. The van der Waals surface area contributed by atoms with E-state index in [1.807, 2.05) is 13.0 Å². The highest BCUT2D eigenvalue weighted by Gasteiger charge is 2.68. The molecule has 3 aliphatic rings. The highest BCUT2D eigenvalue weighted by atomic mass is 35.5.